The third-order valence-corrected chi connectivity index (χ3v) is 4.84. The molecule has 15 heavy (non-hydrogen) atoms. The first kappa shape index (κ1) is 15.1. The number of rotatable bonds is 9. The minimum atomic E-state index is -2.60. The molecule has 0 aliphatic carbocycles. The average Bonchev–Trinajstić information content (AvgIpc) is 2.27. The van der Waals surface area contributed by atoms with Crippen molar-refractivity contribution in [3.05, 3.63) is 0 Å². The Hall–Kier alpha value is 0.0569. The zero-order valence-electron chi connectivity index (χ0n) is 10.6. The van der Waals surface area contributed by atoms with E-state index in [4.69, 9.17) is 13.3 Å². The Morgan fingerprint density at radius 1 is 0.933 bits per heavy atom. The van der Waals surface area contributed by atoms with Gasteiger partial charge >= 0.3 is 8.97 Å². The molecule has 0 aromatic carbocycles. The zero-order valence-corrected chi connectivity index (χ0v) is 11.6. The van der Waals surface area contributed by atoms with E-state index in [9.17, 15) is 0 Å². The van der Waals surface area contributed by atoms with Gasteiger partial charge in [0, 0.05) is 27.4 Å². The standard InChI is InChI=1S/C10H25NO3Si/c1-6-8-10(9-7-2)11-15(12-3,13-4)14-5/h10-11H,6-9H2,1-5H3. The molecule has 0 saturated heterocycles. The van der Waals surface area contributed by atoms with Gasteiger partial charge < -0.3 is 13.3 Å². The summed E-state index contributed by atoms with van der Waals surface area (Å²) >= 11 is 0. The van der Waals surface area contributed by atoms with Crippen LogP contribution in [-0.2, 0) is 13.3 Å². The first-order valence-corrected chi connectivity index (χ1v) is 7.33. The predicted molar refractivity (Wildman–Crippen MR) is 63.5 cm³/mol. The summed E-state index contributed by atoms with van der Waals surface area (Å²) in [5.74, 6) is 0. The van der Waals surface area contributed by atoms with Gasteiger partial charge in [0.25, 0.3) is 0 Å². The van der Waals surface area contributed by atoms with Gasteiger partial charge in [-0.05, 0) is 12.8 Å². The Morgan fingerprint density at radius 2 is 1.33 bits per heavy atom. The number of hydrogen-bond donors (Lipinski definition) is 1. The van der Waals surface area contributed by atoms with Crippen LogP contribution in [0.5, 0.6) is 0 Å². The molecule has 4 nitrogen and oxygen atoms in total. The maximum absolute atomic E-state index is 5.34. The van der Waals surface area contributed by atoms with E-state index in [-0.39, 0.29) is 0 Å². The van der Waals surface area contributed by atoms with Gasteiger partial charge in [-0.25, -0.2) is 0 Å². The molecule has 0 aromatic rings. The monoisotopic (exact) mass is 235 g/mol. The highest BCUT2D eigenvalue weighted by Crippen LogP contribution is 2.10. The molecule has 0 saturated carbocycles. The fourth-order valence-corrected chi connectivity index (χ4v) is 3.30. The minimum Gasteiger partial charge on any atom is -0.364 e. The van der Waals surface area contributed by atoms with Crippen LogP contribution in [0.25, 0.3) is 0 Å². The molecule has 0 heterocycles. The van der Waals surface area contributed by atoms with Crippen molar-refractivity contribution in [3.8, 4) is 0 Å². The molecular weight excluding hydrogens is 210 g/mol. The molecule has 0 atom stereocenters. The lowest BCUT2D eigenvalue weighted by molar-refractivity contribution is 0.104. The number of nitrogens with one attached hydrogen (secondary N) is 1. The maximum atomic E-state index is 5.34. The summed E-state index contributed by atoms with van der Waals surface area (Å²) in [6, 6.07) is 0.423. The first-order valence-electron chi connectivity index (χ1n) is 5.61. The van der Waals surface area contributed by atoms with E-state index < -0.39 is 8.97 Å². The second kappa shape index (κ2) is 8.24. The minimum absolute atomic E-state index is 0.423. The molecule has 5 heteroatoms. The van der Waals surface area contributed by atoms with Gasteiger partial charge in [0.15, 0.2) is 0 Å². The van der Waals surface area contributed by atoms with Crippen LogP contribution in [0.3, 0.4) is 0 Å². The Morgan fingerprint density at radius 3 is 1.60 bits per heavy atom. The van der Waals surface area contributed by atoms with Gasteiger partial charge in [-0.2, -0.15) is 0 Å². The molecule has 0 rings (SSSR count). The van der Waals surface area contributed by atoms with Gasteiger partial charge in [-0.15, -0.1) is 0 Å². The maximum Gasteiger partial charge on any atom is 0.596 e. The topological polar surface area (TPSA) is 39.7 Å². The van der Waals surface area contributed by atoms with E-state index in [1.165, 1.54) is 0 Å². The van der Waals surface area contributed by atoms with Crippen LogP contribution in [0.1, 0.15) is 39.5 Å². The SMILES string of the molecule is CCCC(CCC)N[Si](OC)(OC)OC. The molecule has 0 amide bonds. The summed E-state index contributed by atoms with van der Waals surface area (Å²) in [4.78, 5) is 3.39. The second-order valence-electron chi connectivity index (χ2n) is 3.59. The Labute approximate surface area is 94.7 Å². The van der Waals surface area contributed by atoms with E-state index in [0.717, 1.165) is 25.7 Å². The number of hydrogen-bond acceptors (Lipinski definition) is 4. The largest absolute Gasteiger partial charge is 0.596 e. The summed E-state index contributed by atoms with van der Waals surface area (Å²) in [5.41, 5.74) is 0. The van der Waals surface area contributed by atoms with Crippen LogP contribution in [0.2, 0.25) is 0 Å². The van der Waals surface area contributed by atoms with E-state index in [1.807, 2.05) is 0 Å². The van der Waals surface area contributed by atoms with E-state index in [1.54, 1.807) is 21.3 Å². The second-order valence-corrected chi connectivity index (χ2v) is 6.21. The molecule has 0 bridgehead atoms. The van der Waals surface area contributed by atoms with E-state index in [2.05, 4.69) is 18.8 Å². The molecule has 0 aliphatic heterocycles. The summed E-state index contributed by atoms with van der Waals surface area (Å²) < 4.78 is 16.0. The van der Waals surface area contributed by atoms with Crippen molar-refractivity contribution in [1.82, 2.24) is 4.98 Å². The van der Waals surface area contributed by atoms with E-state index in [0.29, 0.717) is 6.04 Å². The lowest BCUT2D eigenvalue weighted by Gasteiger charge is -2.29. The highest BCUT2D eigenvalue weighted by Gasteiger charge is 2.40. The van der Waals surface area contributed by atoms with Gasteiger partial charge in [0.1, 0.15) is 0 Å². The van der Waals surface area contributed by atoms with Crippen molar-refractivity contribution < 1.29 is 13.3 Å². The van der Waals surface area contributed by atoms with Crippen molar-refractivity contribution in [2.24, 2.45) is 0 Å². The van der Waals surface area contributed by atoms with Crippen LogP contribution in [-0.4, -0.2) is 36.3 Å². The normalized spacial score (nSPS) is 12.4. The molecule has 92 valence electrons. The van der Waals surface area contributed by atoms with Crippen LogP contribution in [0.4, 0.5) is 0 Å². The van der Waals surface area contributed by atoms with Crippen LogP contribution in [0, 0.1) is 0 Å². The lowest BCUT2D eigenvalue weighted by atomic mass is 10.1. The average molecular weight is 235 g/mol. The summed E-state index contributed by atoms with van der Waals surface area (Å²) in [5, 5.41) is 0. The molecule has 0 spiro atoms. The Bertz CT molecular complexity index is 139. The molecule has 0 unspecified atom stereocenters. The fraction of sp³-hybridized carbons (Fsp3) is 1.00. The Kier molecular flexibility index (Phi) is 8.27. The zero-order chi connectivity index (χ0) is 11.7. The smallest absolute Gasteiger partial charge is 0.364 e. The third kappa shape index (κ3) is 5.08. The van der Waals surface area contributed by atoms with Gasteiger partial charge in [0.05, 0.1) is 0 Å². The molecule has 0 aliphatic rings. The predicted octanol–water partition coefficient (Wildman–Crippen LogP) is 1.92. The fourth-order valence-electron chi connectivity index (χ4n) is 1.66. The van der Waals surface area contributed by atoms with Crippen LogP contribution in [0.15, 0.2) is 0 Å². The third-order valence-electron chi connectivity index (χ3n) is 2.46. The van der Waals surface area contributed by atoms with Gasteiger partial charge in [-0.3, -0.25) is 4.98 Å². The van der Waals surface area contributed by atoms with Crippen molar-refractivity contribution >= 4 is 8.97 Å². The highest BCUT2D eigenvalue weighted by molar-refractivity contribution is 6.57. The summed E-state index contributed by atoms with van der Waals surface area (Å²) in [6.07, 6.45) is 4.55. The molecular formula is C10H25NO3Si. The Balaban J connectivity index is 4.30. The van der Waals surface area contributed by atoms with Crippen molar-refractivity contribution in [2.45, 2.75) is 45.6 Å². The first-order chi connectivity index (χ1) is 7.17. The molecule has 0 fully saturated rings. The van der Waals surface area contributed by atoms with E-state index >= 15 is 0 Å². The summed E-state index contributed by atoms with van der Waals surface area (Å²) in [7, 11) is 2.27. The van der Waals surface area contributed by atoms with Crippen molar-refractivity contribution in [2.75, 3.05) is 21.3 Å². The molecule has 0 aromatic heterocycles. The molecule has 1 N–H and O–H groups in total. The quantitative estimate of drug-likeness (QED) is 0.620. The van der Waals surface area contributed by atoms with Crippen molar-refractivity contribution in [3.63, 3.8) is 0 Å². The van der Waals surface area contributed by atoms with Gasteiger partial charge in [-0.1, -0.05) is 26.7 Å². The van der Waals surface area contributed by atoms with Crippen molar-refractivity contribution in [1.29, 1.82) is 0 Å². The van der Waals surface area contributed by atoms with Crippen LogP contribution >= 0.6 is 0 Å². The highest BCUT2D eigenvalue weighted by atomic mass is 28.4. The molecule has 0 radical (unpaired) electrons. The van der Waals surface area contributed by atoms with Crippen LogP contribution < -0.4 is 4.98 Å². The summed E-state index contributed by atoms with van der Waals surface area (Å²) in [6.45, 7) is 4.36. The van der Waals surface area contributed by atoms with Gasteiger partial charge in [0.2, 0.25) is 0 Å². The lowest BCUT2D eigenvalue weighted by Crippen LogP contribution is -2.60.